The largest absolute Gasteiger partial charge is 0.469 e. The van der Waals surface area contributed by atoms with Gasteiger partial charge in [-0.1, -0.05) is 0 Å². The molecule has 0 aliphatic rings. The molecular formula is C4H6O2. The molecule has 0 aliphatic carbocycles. The van der Waals surface area contributed by atoms with Crippen molar-refractivity contribution in [3.05, 3.63) is 6.42 Å². The predicted molar refractivity (Wildman–Crippen MR) is 20.9 cm³/mol. The number of ether oxygens (including phenoxy) is 1. The van der Waals surface area contributed by atoms with E-state index in [1.165, 1.54) is 14.0 Å². The summed E-state index contributed by atoms with van der Waals surface area (Å²) in [7, 11) is 1.32. The summed E-state index contributed by atoms with van der Waals surface area (Å²) < 4.78 is 4.15. The van der Waals surface area contributed by atoms with Crippen LogP contribution in [0.15, 0.2) is 0 Å². The van der Waals surface area contributed by atoms with Gasteiger partial charge in [0.05, 0.1) is 13.5 Å². The molecule has 2 radical (unpaired) electrons. The van der Waals surface area contributed by atoms with E-state index in [9.17, 15) is 4.79 Å². The minimum absolute atomic E-state index is 0.407. The molecular weight excluding hydrogens is 80.0 g/mol. The lowest BCUT2D eigenvalue weighted by molar-refractivity contribution is -0.136. The Labute approximate surface area is 37.1 Å². The molecule has 2 nitrogen and oxygen atoms in total. The van der Waals surface area contributed by atoms with Gasteiger partial charge < -0.3 is 4.74 Å². The number of hydrogen-bond acceptors (Lipinski definition) is 2. The van der Waals surface area contributed by atoms with Crippen molar-refractivity contribution < 1.29 is 9.53 Å². The lowest BCUT2D eigenvalue weighted by atomic mass is 10.5. The average Bonchev–Trinajstić information content (AvgIpc) is 1.65. The van der Waals surface area contributed by atoms with Gasteiger partial charge in [0.2, 0.25) is 0 Å². The third-order valence-electron chi connectivity index (χ3n) is 0.390. The number of carbonyl (C=O) groups is 1. The predicted octanol–water partition coefficient (Wildman–Crippen LogP) is 0.261. The Balaban J connectivity index is 2.99. The Bertz CT molecular complexity index is 43.5. The van der Waals surface area contributed by atoms with Crippen LogP contribution in [0.25, 0.3) is 0 Å². The smallest absolute Gasteiger partial charge is 0.313 e. The van der Waals surface area contributed by atoms with E-state index in [-0.39, 0.29) is 0 Å². The molecule has 0 saturated heterocycles. The van der Waals surface area contributed by atoms with Gasteiger partial charge in [-0.3, -0.25) is 4.79 Å². The topological polar surface area (TPSA) is 26.3 Å². The molecule has 0 saturated carbocycles. The molecule has 0 spiro atoms. The standard InChI is InChI=1S/C4H6O2/c1-3-4(5)6-2/h1-2H3. The number of methoxy groups -OCH3 is 1. The van der Waals surface area contributed by atoms with Gasteiger partial charge in [0.1, 0.15) is 0 Å². The molecule has 2 heteroatoms. The Morgan fingerprint density at radius 1 is 1.83 bits per heavy atom. The molecule has 0 N–H and O–H groups in total. The van der Waals surface area contributed by atoms with Crippen LogP contribution >= 0.6 is 0 Å². The van der Waals surface area contributed by atoms with E-state index in [0.29, 0.717) is 0 Å². The Morgan fingerprint density at radius 2 is 2.33 bits per heavy atom. The molecule has 0 bridgehead atoms. The number of rotatable bonds is 1. The zero-order valence-electron chi connectivity index (χ0n) is 3.82. The highest BCUT2D eigenvalue weighted by Gasteiger charge is 1.89. The van der Waals surface area contributed by atoms with Crippen LogP contribution in [0.4, 0.5) is 0 Å². The summed E-state index contributed by atoms with van der Waals surface area (Å²) in [5.41, 5.74) is 0. The second kappa shape index (κ2) is 2.69. The van der Waals surface area contributed by atoms with Crippen LogP contribution in [0.1, 0.15) is 6.92 Å². The number of hydrogen-bond donors (Lipinski definition) is 0. The van der Waals surface area contributed by atoms with Crippen LogP contribution < -0.4 is 0 Å². The van der Waals surface area contributed by atoms with Crippen molar-refractivity contribution in [3.8, 4) is 0 Å². The van der Waals surface area contributed by atoms with E-state index in [0.717, 1.165) is 0 Å². The fraction of sp³-hybridized carbons (Fsp3) is 0.500. The van der Waals surface area contributed by atoms with Gasteiger partial charge in [0.25, 0.3) is 0 Å². The van der Waals surface area contributed by atoms with Crippen LogP contribution in [0.5, 0.6) is 0 Å². The molecule has 0 unspecified atom stereocenters. The van der Waals surface area contributed by atoms with Gasteiger partial charge in [-0.25, -0.2) is 0 Å². The molecule has 0 atom stereocenters. The molecule has 34 valence electrons. The molecule has 6 heavy (non-hydrogen) atoms. The van der Waals surface area contributed by atoms with E-state index >= 15 is 0 Å². The molecule has 0 aromatic carbocycles. The summed E-state index contributed by atoms with van der Waals surface area (Å²) in [4.78, 5) is 9.85. The van der Waals surface area contributed by atoms with Crippen molar-refractivity contribution in [2.45, 2.75) is 6.92 Å². The van der Waals surface area contributed by atoms with Crippen LogP contribution in [-0.4, -0.2) is 13.1 Å². The first-order chi connectivity index (χ1) is 2.81. The highest BCUT2D eigenvalue weighted by molar-refractivity contribution is 5.77. The zero-order valence-corrected chi connectivity index (χ0v) is 3.82. The lowest BCUT2D eigenvalue weighted by Crippen LogP contribution is -1.95. The fourth-order valence-corrected chi connectivity index (χ4v) is 0.102. The van der Waals surface area contributed by atoms with Crippen LogP contribution in [0.2, 0.25) is 0 Å². The molecule has 0 aromatic rings. The first kappa shape index (κ1) is 5.47. The zero-order chi connectivity index (χ0) is 4.99. The second-order valence-corrected chi connectivity index (χ2v) is 0.742. The normalized spacial score (nSPS) is 7.67. The Morgan fingerprint density at radius 3 is 2.33 bits per heavy atom. The van der Waals surface area contributed by atoms with Gasteiger partial charge >= 0.3 is 5.97 Å². The third-order valence-corrected chi connectivity index (χ3v) is 0.390. The maximum Gasteiger partial charge on any atom is 0.313 e. The van der Waals surface area contributed by atoms with Crippen molar-refractivity contribution in [2.75, 3.05) is 7.11 Å². The van der Waals surface area contributed by atoms with E-state index in [1.54, 1.807) is 0 Å². The summed E-state index contributed by atoms with van der Waals surface area (Å²) >= 11 is 0. The van der Waals surface area contributed by atoms with Gasteiger partial charge in [-0.05, 0) is 6.92 Å². The maximum atomic E-state index is 9.85. The SMILES string of the molecule is C[C]C(=O)OC. The summed E-state index contributed by atoms with van der Waals surface area (Å²) in [6.07, 6.45) is 2.25. The van der Waals surface area contributed by atoms with Crippen LogP contribution in [-0.2, 0) is 9.53 Å². The van der Waals surface area contributed by atoms with Gasteiger partial charge in [0.15, 0.2) is 0 Å². The third kappa shape index (κ3) is 1.76. The summed E-state index contributed by atoms with van der Waals surface area (Å²) in [5.74, 6) is -0.407. The summed E-state index contributed by atoms with van der Waals surface area (Å²) in [6, 6.07) is 0. The van der Waals surface area contributed by atoms with Gasteiger partial charge in [-0.2, -0.15) is 0 Å². The highest BCUT2D eigenvalue weighted by atomic mass is 16.5. The van der Waals surface area contributed by atoms with Crippen molar-refractivity contribution in [2.24, 2.45) is 0 Å². The van der Waals surface area contributed by atoms with Crippen molar-refractivity contribution in [3.63, 3.8) is 0 Å². The van der Waals surface area contributed by atoms with Crippen molar-refractivity contribution >= 4 is 5.97 Å². The fourth-order valence-electron chi connectivity index (χ4n) is 0.102. The van der Waals surface area contributed by atoms with E-state index in [1.807, 2.05) is 0 Å². The molecule has 0 fully saturated rings. The highest BCUT2D eigenvalue weighted by Crippen LogP contribution is 1.74. The van der Waals surface area contributed by atoms with Crippen LogP contribution in [0, 0.1) is 6.42 Å². The Kier molecular flexibility index (Phi) is 2.46. The first-order valence-electron chi connectivity index (χ1n) is 1.57. The van der Waals surface area contributed by atoms with Crippen LogP contribution in [0.3, 0.4) is 0 Å². The van der Waals surface area contributed by atoms with Gasteiger partial charge in [-0.15, -0.1) is 0 Å². The minimum Gasteiger partial charge on any atom is -0.469 e. The van der Waals surface area contributed by atoms with Gasteiger partial charge in [0, 0.05) is 0 Å². The molecule has 0 amide bonds. The van der Waals surface area contributed by atoms with Crippen molar-refractivity contribution in [1.82, 2.24) is 0 Å². The summed E-state index contributed by atoms with van der Waals surface area (Å²) in [6.45, 7) is 1.51. The minimum atomic E-state index is -0.407. The van der Waals surface area contributed by atoms with E-state index in [4.69, 9.17) is 0 Å². The molecule has 0 rings (SSSR count). The maximum absolute atomic E-state index is 9.85. The number of esters is 1. The summed E-state index contributed by atoms with van der Waals surface area (Å²) in [5, 5.41) is 0. The number of carbonyl (C=O) groups excluding carboxylic acids is 1. The Hall–Kier alpha value is -0.530. The molecule has 0 aliphatic heterocycles. The van der Waals surface area contributed by atoms with E-state index in [2.05, 4.69) is 11.2 Å². The second-order valence-electron chi connectivity index (χ2n) is 0.742. The first-order valence-corrected chi connectivity index (χ1v) is 1.57. The average molecular weight is 86.1 g/mol. The molecule has 0 heterocycles. The van der Waals surface area contributed by atoms with E-state index < -0.39 is 5.97 Å². The van der Waals surface area contributed by atoms with Crippen molar-refractivity contribution in [1.29, 1.82) is 0 Å². The lowest BCUT2D eigenvalue weighted by Gasteiger charge is -1.86. The monoisotopic (exact) mass is 86.0 g/mol. The quantitative estimate of drug-likeness (QED) is 0.428. The molecule has 0 aromatic heterocycles.